The summed E-state index contributed by atoms with van der Waals surface area (Å²) in [6, 6.07) is 6.00. The van der Waals surface area contributed by atoms with Crippen LogP contribution >= 0.6 is 0 Å². The van der Waals surface area contributed by atoms with E-state index < -0.39 is 5.79 Å². The Kier molecular flexibility index (Phi) is 3.38. The molecule has 4 aliphatic carbocycles. The molecule has 25 heavy (non-hydrogen) atoms. The first-order valence-corrected chi connectivity index (χ1v) is 9.39. The Balaban J connectivity index is 1.65. The lowest BCUT2D eigenvalue weighted by atomic mass is 9.47. The molecule has 1 aromatic carbocycles. The summed E-state index contributed by atoms with van der Waals surface area (Å²) in [6.45, 7) is 3.99. The second kappa shape index (κ2) is 5.32. The van der Waals surface area contributed by atoms with E-state index in [2.05, 4.69) is 6.58 Å². The number of rotatable bonds is 4. The van der Waals surface area contributed by atoms with Crippen molar-refractivity contribution in [2.24, 2.45) is 23.7 Å². The molecule has 5 fully saturated rings. The first kappa shape index (κ1) is 15.9. The van der Waals surface area contributed by atoms with E-state index in [4.69, 9.17) is 19.2 Å². The van der Waals surface area contributed by atoms with E-state index in [1.54, 1.807) is 14.2 Å². The van der Waals surface area contributed by atoms with Gasteiger partial charge in [0, 0.05) is 12.7 Å². The maximum absolute atomic E-state index is 6.13. The monoisotopic (exact) mass is 342 g/mol. The number of hydrogen-bond acceptors (Lipinski definition) is 4. The lowest BCUT2D eigenvalue weighted by Gasteiger charge is -2.68. The van der Waals surface area contributed by atoms with E-state index in [0.717, 1.165) is 28.7 Å². The topological polar surface area (TPSA) is 36.9 Å². The van der Waals surface area contributed by atoms with E-state index in [1.807, 2.05) is 24.3 Å². The van der Waals surface area contributed by atoms with Gasteiger partial charge in [-0.15, -0.1) is 0 Å². The lowest BCUT2D eigenvalue weighted by molar-refractivity contribution is -0.645. The van der Waals surface area contributed by atoms with E-state index in [1.165, 1.54) is 32.1 Å². The molecule has 0 N–H and O–H groups in total. The second-order valence-electron chi connectivity index (χ2n) is 8.24. The van der Waals surface area contributed by atoms with Gasteiger partial charge in [0.25, 0.3) is 5.79 Å². The molecule has 4 nitrogen and oxygen atoms in total. The molecule has 0 radical (unpaired) electrons. The highest BCUT2D eigenvalue weighted by Gasteiger charge is 2.76. The van der Waals surface area contributed by atoms with Crippen LogP contribution in [0.15, 0.2) is 24.8 Å². The minimum Gasteiger partial charge on any atom is -0.497 e. The van der Waals surface area contributed by atoms with Crippen molar-refractivity contribution in [2.75, 3.05) is 14.2 Å². The van der Waals surface area contributed by atoms with Crippen LogP contribution < -0.4 is 4.74 Å². The van der Waals surface area contributed by atoms with Gasteiger partial charge in [-0.3, -0.25) is 0 Å². The zero-order valence-corrected chi connectivity index (χ0v) is 15.0. The van der Waals surface area contributed by atoms with Crippen LogP contribution in [-0.4, -0.2) is 19.8 Å². The molecule has 4 heteroatoms. The number of ether oxygens (including phenoxy) is 2. The molecular formula is C21H26O4. The van der Waals surface area contributed by atoms with Crippen molar-refractivity contribution in [3.05, 3.63) is 35.9 Å². The van der Waals surface area contributed by atoms with Gasteiger partial charge in [0.2, 0.25) is 0 Å². The first-order chi connectivity index (χ1) is 12.2. The van der Waals surface area contributed by atoms with Crippen molar-refractivity contribution >= 4 is 6.08 Å². The molecule has 6 rings (SSSR count). The third-order valence-electron chi connectivity index (χ3n) is 7.28. The molecule has 134 valence electrons. The van der Waals surface area contributed by atoms with Crippen molar-refractivity contribution in [1.29, 1.82) is 0 Å². The van der Waals surface area contributed by atoms with Crippen LogP contribution in [0.2, 0.25) is 0 Å². The number of benzene rings is 1. The minimum absolute atomic E-state index is 0.376. The van der Waals surface area contributed by atoms with Gasteiger partial charge in [0.05, 0.1) is 7.11 Å². The van der Waals surface area contributed by atoms with Gasteiger partial charge in [-0.25, -0.2) is 4.89 Å². The van der Waals surface area contributed by atoms with E-state index in [0.29, 0.717) is 11.8 Å². The molecule has 4 saturated carbocycles. The minimum atomic E-state index is -0.867. The second-order valence-corrected chi connectivity index (χ2v) is 8.24. The predicted octanol–water partition coefficient (Wildman–Crippen LogP) is 4.29. The van der Waals surface area contributed by atoms with Crippen LogP contribution in [0.25, 0.3) is 6.08 Å². The standard InChI is InChI=1S/C21H26O4/c1-4-15-5-6-18(22-2)12-19(15)21(23-3)20(24-25-21)16-8-13-7-14(10-16)11-17(20)9-13/h4-6,12-14,16-17H,1,7-11H2,2-3H3. The van der Waals surface area contributed by atoms with E-state index in [-0.39, 0.29) is 5.60 Å². The highest BCUT2D eigenvalue weighted by atomic mass is 17.3. The summed E-state index contributed by atoms with van der Waals surface area (Å²) >= 11 is 0. The zero-order valence-electron chi connectivity index (χ0n) is 15.0. The Morgan fingerprint density at radius 3 is 2.20 bits per heavy atom. The first-order valence-electron chi connectivity index (χ1n) is 9.39. The molecule has 1 atom stereocenters. The van der Waals surface area contributed by atoms with Crippen molar-refractivity contribution in [2.45, 2.75) is 43.5 Å². The smallest absolute Gasteiger partial charge is 0.261 e. The molecular weight excluding hydrogens is 316 g/mol. The van der Waals surface area contributed by atoms with Gasteiger partial charge in [-0.05, 0) is 73.5 Å². The molecule has 0 amide bonds. The summed E-state index contributed by atoms with van der Waals surface area (Å²) in [5.74, 6) is 2.65. The fourth-order valence-corrected chi connectivity index (χ4v) is 6.46. The van der Waals surface area contributed by atoms with E-state index in [9.17, 15) is 0 Å². The molecule has 1 spiro atoms. The largest absolute Gasteiger partial charge is 0.497 e. The van der Waals surface area contributed by atoms with Gasteiger partial charge >= 0.3 is 0 Å². The lowest BCUT2D eigenvalue weighted by Crippen LogP contribution is -2.76. The van der Waals surface area contributed by atoms with Crippen molar-refractivity contribution < 1.29 is 19.2 Å². The molecule has 1 aromatic rings. The van der Waals surface area contributed by atoms with Gasteiger partial charge in [-0.2, -0.15) is 4.89 Å². The van der Waals surface area contributed by atoms with E-state index >= 15 is 0 Å². The molecule has 1 heterocycles. The summed E-state index contributed by atoms with van der Waals surface area (Å²) < 4.78 is 11.6. The van der Waals surface area contributed by atoms with Crippen LogP contribution in [-0.2, 0) is 20.3 Å². The Morgan fingerprint density at radius 1 is 1.04 bits per heavy atom. The van der Waals surface area contributed by atoms with Crippen LogP contribution in [0.3, 0.4) is 0 Å². The molecule has 1 saturated heterocycles. The van der Waals surface area contributed by atoms with Crippen LogP contribution in [0, 0.1) is 23.7 Å². The molecule has 1 aliphatic heterocycles. The molecule has 0 aromatic heterocycles. The third-order valence-corrected chi connectivity index (χ3v) is 7.28. The zero-order chi connectivity index (χ0) is 17.2. The summed E-state index contributed by atoms with van der Waals surface area (Å²) in [6.07, 6.45) is 8.19. The van der Waals surface area contributed by atoms with Gasteiger partial charge < -0.3 is 9.47 Å². The van der Waals surface area contributed by atoms with Crippen molar-refractivity contribution in [3.8, 4) is 5.75 Å². The van der Waals surface area contributed by atoms with Crippen LogP contribution in [0.5, 0.6) is 5.75 Å². The average Bonchev–Trinajstić information content (AvgIpc) is 2.61. The predicted molar refractivity (Wildman–Crippen MR) is 93.7 cm³/mol. The number of methoxy groups -OCH3 is 2. The summed E-state index contributed by atoms with van der Waals surface area (Å²) in [5.41, 5.74) is 1.61. The van der Waals surface area contributed by atoms with Gasteiger partial charge in [0.15, 0.2) is 5.60 Å². The molecule has 1 unspecified atom stereocenters. The third kappa shape index (κ3) is 1.83. The Morgan fingerprint density at radius 2 is 1.72 bits per heavy atom. The molecule has 5 aliphatic rings. The van der Waals surface area contributed by atoms with Crippen molar-refractivity contribution in [1.82, 2.24) is 0 Å². The summed E-state index contributed by atoms with van der Waals surface area (Å²) in [5, 5.41) is 0. The quantitative estimate of drug-likeness (QED) is 0.765. The maximum Gasteiger partial charge on any atom is 0.261 e. The SMILES string of the molecule is C=Cc1ccc(OC)cc1C1(OC)OOC12C1CC3CC(C1)CC2C3. The van der Waals surface area contributed by atoms with Gasteiger partial charge in [-0.1, -0.05) is 18.7 Å². The van der Waals surface area contributed by atoms with Crippen molar-refractivity contribution in [3.63, 3.8) is 0 Å². The van der Waals surface area contributed by atoms with Crippen LogP contribution in [0.4, 0.5) is 0 Å². The van der Waals surface area contributed by atoms with Gasteiger partial charge in [0.1, 0.15) is 5.75 Å². The maximum atomic E-state index is 6.13. The Labute approximate surface area is 149 Å². The Hall–Kier alpha value is -1.36. The highest BCUT2D eigenvalue weighted by Crippen LogP contribution is 2.69. The summed E-state index contributed by atoms with van der Waals surface area (Å²) in [7, 11) is 3.42. The highest BCUT2D eigenvalue weighted by molar-refractivity contribution is 5.57. The normalized spacial score (nSPS) is 43.9. The fourth-order valence-electron chi connectivity index (χ4n) is 6.46. The van der Waals surface area contributed by atoms with Crippen LogP contribution in [0.1, 0.15) is 43.2 Å². The summed E-state index contributed by atoms with van der Waals surface area (Å²) in [4.78, 5) is 11.9. The fraction of sp³-hybridized carbons (Fsp3) is 0.619. The molecule has 4 bridgehead atoms. The Bertz CT molecular complexity index is 680. The number of hydrogen-bond donors (Lipinski definition) is 0. The average molecular weight is 342 g/mol.